The summed E-state index contributed by atoms with van der Waals surface area (Å²) in [5.41, 5.74) is 1.31. The molecule has 1 aromatic carbocycles. The van der Waals surface area contributed by atoms with Crippen LogP contribution in [0, 0.1) is 11.8 Å². The standard InChI is InChI=1S/C23H33BO5P2/c25-22-14-19-18(21(29-24(30)31)15-20(19)28-22)12-11-17(27-23-8-4-5-13-26-23)10-9-16-6-2-1-3-7-16/h1-3,6-7,11-12,17-21,23H,4-5,8-10,13-15,30-31H2/b12-11+/t17-,18+,19+,20-,21+,23?/m0/s1. The number of carbonyl (C=O) groups excluding carboxylic acids is 1. The minimum absolute atomic E-state index is 0.0174. The highest BCUT2D eigenvalue weighted by Gasteiger charge is 2.49. The van der Waals surface area contributed by atoms with Crippen LogP contribution in [0.1, 0.15) is 44.1 Å². The van der Waals surface area contributed by atoms with Crippen LogP contribution in [0.15, 0.2) is 42.5 Å². The van der Waals surface area contributed by atoms with E-state index in [-0.39, 0.29) is 48.8 Å². The summed E-state index contributed by atoms with van der Waals surface area (Å²) < 4.78 is 23.9. The highest BCUT2D eigenvalue weighted by atomic mass is 31.1. The van der Waals surface area contributed by atoms with Crippen molar-refractivity contribution in [2.75, 3.05) is 6.61 Å². The quantitative estimate of drug-likeness (QED) is 0.239. The number of hydrogen-bond donors (Lipinski definition) is 0. The second-order valence-corrected chi connectivity index (χ2v) is 10.8. The summed E-state index contributed by atoms with van der Waals surface area (Å²) in [5.74, 6) is 0.242. The third-order valence-electron chi connectivity index (χ3n) is 6.46. The van der Waals surface area contributed by atoms with Crippen LogP contribution < -0.4 is 0 Å². The topological polar surface area (TPSA) is 54.0 Å². The molecule has 2 saturated heterocycles. The van der Waals surface area contributed by atoms with Crippen LogP contribution in [-0.2, 0) is 30.1 Å². The predicted octanol–water partition coefficient (Wildman–Crippen LogP) is 4.16. The fourth-order valence-electron chi connectivity index (χ4n) is 4.94. The molecule has 8 heteroatoms. The van der Waals surface area contributed by atoms with Gasteiger partial charge in [0, 0.05) is 24.9 Å². The van der Waals surface area contributed by atoms with Gasteiger partial charge in [0.05, 0.1) is 18.6 Å². The van der Waals surface area contributed by atoms with E-state index < -0.39 is 0 Å². The predicted molar refractivity (Wildman–Crippen MR) is 129 cm³/mol. The smallest absolute Gasteiger partial charge is 0.336 e. The molecular formula is C23H33BO5P2. The second kappa shape index (κ2) is 11.4. The molecule has 1 aromatic rings. The van der Waals surface area contributed by atoms with Crippen molar-refractivity contribution >= 4 is 30.6 Å². The first kappa shape index (κ1) is 23.4. The average molecular weight is 462 g/mol. The van der Waals surface area contributed by atoms with Crippen molar-refractivity contribution in [3.05, 3.63) is 48.0 Å². The van der Waals surface area contributed by atoms with Crippen LogP contribution in [0.2, 0.25) is 0 Å². The largest absolute Gasteiger partial charge is 0.462 e. The Hall–Kier alpha value is -0.765. The van der Waals surface area contributed by atoms with Gasteiger partial charge in [-0.05, 0) is 37.7 Å². The molecule has 0 bridgehead atoms. The van der Waals surface area contributed by atoms with Gasteiger partial charge in [-0.3, -0.25) is 4.79 Å². The summed E-state index contributed by atoms with van der Waals surface area (Å²) in [6, 6.07) is 10.5. The van der Waals surface area contributed by atoms with Gasteiger partial charge < -0.3 is 18.9 Å². The summed E-state index contributed by atoms with van der Waals surface area (Å²) in [7, 11) is 5.33. The first-order valence-electron chi connectivity index (χ1n) is 11.4. The van der Waals surface area contributed by atoms with Gasteiger partial charge in [-0.1, -0.05) is 42.5 Å². The Bertz CT molecular complexity index is 741. The molecule has 2 aliphatic heterocycles. The van der Waals surface area contributed by atoms with Crippen LogP contribution >= 0.6 is 18.2 Å². The van der Waals surface area contributed by atoms with Crippen molar-refractivity contribution in [2.24, 2.45) is 11.8 Å². The molecule has 5 nitrogen and oxygen atoms in total. The monoisotopic (exact) mass is 462 g/mol. The highest BCUT2D eigenvalue weighted by molar-refractivity contribution is 7.92. The number of fused-ring (bicyclic) bond motifs is 1. The van der Waals surface area contributed by atoms with Crippen LogP contribution in [0.5, 0.6) is 0 Å². The van der Waals surface area contributed by atoms with Gasteiger partial charge >= 0.3 is 12.3 Å². The fraction of sp³-hybridized carbons (Fsp3) is 0.609. The lowest BCUT2D eigenvalue weighted by Crippen LogP contribution is -2.28. The van der Waals surface area contributed by atoms with Crippen molar-refractivity contribution in [1.82, 2.24) is 0 Å². The van der Waals surface area contributed by atoms with Crippen molar-refractivity contribution < 1.29 is 23.7 Å². The molecule has 0 amide bonds. The Morgan fingerprint density at radius 3 is 2.81 bits per heavy atom. The molecule has 168 valence electrons. The molecular weight excluding hydrogens is 429 g/mol. The minimum atomic E-state index is -0.137. The van der Waals surface area contributed by atoms with Gasteiger partial charge in [-0.15, -0.1) is 18.2 Å². The van der Waals surface area contributed by atoms with Crippen LogP contribution in [-0.4, -0.2) is 43.5 Å². The molecule has 1 saturated carbocycles. The Kier molecular flexibility index (Phi) is 8.60. The number of aryl methyl sites for hydroxylation is 1. The lowest BCUT2D eigenvalue weighted by Gasteiger charge is -2.27. The molecule has 0 aromatic heterocycles. The van der Waals surface area contributed by atoms with Crippen molar-refractivity contribution in [1.29, 1.82) is 0 Å². The summed E-state index contributed by atoms with van der Waals surface area (Å²) in [6.45, 7) is 0.769. The molecule has 4 rings (SSSR count). The van der Waals surface area contributed by atoms with Crippen molar-refractivity contribution in [2.45, 2.75) is 69.5 Å². The van der Waals surface area contributed by atoms with Gasteiger partial charge in [0.15, 0.2) is 6.29 Å². The van der Waals surface area contributed by atoms with E-state index in [0.29, 0.717) is 6.42 Å². The maximum atomic E-state index is 11.9. The Balaban J connectivity index is 1.45. The van der Waals surface area contributed by atoms with E-state index >= 15 is 0 Å². The zero-order valence-corrected chi connectivity index (χ0v) is 20.2. The van der Waals surface area contributed by atoms with E-state index in [9.17, 15) is 4.79 Å². The van der Waals surface area contributed by atoms with Gasteiger partial charge in [0.1, 0.15) is 6.10 Å². The van der Waals surface area contributed by atoms with E-state index in [1.807, 2.05) is 6.07 Å². The fourth-order valence-corrected chi connectivity index (χ4v) is 5.34. The number of ether oxygens (including phenoxy) is 3. The highest BCUT2D eigenvalue weighted by Crippen LogP contribution is 2.44. The molecule has 0 N–H and O–H groups in total. The first-order valence-corrected chi connectivity index (χ1v) is 12.8. The normalized spacial score (nSPS) is 31.5. The summed E-state index contributed by atoms with van der Waals surface area (Å²) in [5, 5.41) is 0. The van der Waals surface area contributed by atoms with E-state index in [0.717, 1.165) is 45.1 Å². The molecule has 31 heavy (non-hydrogen) atoms. The average Bonchev–Trinajstić information content (AvgIpc) is 3.26. The van der Waals surface area contributed by atoms with E-state index in [1.165, 1.54) is 5.56 Å². The van der Waals surface area contributed by atoms with Gasteiger partial charge in [0.2, 0.25) is 0 Å². The number of rotatable bonds is 9. The van der Waals surface area contributed by atoms with E-state index in [4.69, 9.17) is 18.9 Å². The molecule has 0 spiro atoms. The third kappa shape index (κ3) is 6.62. The lowest BCUT2D eigenvalue weighted by atomic mass is 9.91. The SMILES string of the molecule is O=C1C[C@@H]2[C@@H](/C=C/[C@H](CCc3ccccc3)OC3CCCCO3)[C@H](OB(P)P)C[C@@H]2O1. The molecule has 8 atom stereocenters. The summed E-state index contributed by atoms with van der Waals surface area (Å²) in [6.07, 6.45) is 10.5. The van der Waals surface area contributed by atoms with Gasteiger partial charge in [-0.25, -0.2) is 0 Å². The van der Waals surface area contributed by atoms with Gasteiger partial charge in [-0.2, -0.15) is 0 Å². The number of carbonyl (C=O) groups is 1. The second-order valence-electron chi connectivity index (χ2n) is 8.73. The summed E-state index contributed by atoms with van der Waals surface area (Å²) >= 11 is 0. The van der Waals surface area contributed by atoms with Crippen molar-refractivity contribution in [3.63, 3.8) is 0 Å². The Labute approximate surface area is 190 Å². The molecule has 1 aliphatic carbocycles. The number of esters is 1. The molecule has 3 fully saturated rings. The minimum Gasteiger partial charge on any atom is -0.462 e. The molecule has 3 aliphatic rings. The molecule has 2 heterocycles. The molecule has 0 radical (unpaired) electrons. The van der Waals surface area contributed by atoms with Crippen molar-refractivity contribution in [3.8, 4) is 0 Å². The third-order valence-corrected chi connectivity index (χ3v) is 6.77. The molecule has 3 unspecified atom stereocenters. The van der Waals surface area contributed by atoms with Crippen LogP contribution in [0.25, 0.3) is 0 Å². The zero-order chi connectivity index (χ0) is 21.6. The number of hydrogen-bond acceptors (Lipinski definition) is 5. The van der Waals surface area contributed by atoms with Crippen LogP contribution in [0.3, 0.4) is 0 Å². The maximum absolute atomic E-state index is 11.9. The zero-order valence-electron chi connectivity index (χ0n) is 17.9. The Morgan fingerprint density at radius 1 is 1.23 bits per heavy atom. The number of benzene rings is 1. The lowest BCUT2D eigenvalue weighted by molar-refractivity contribution is -0.179. The first-order chi connectivity index (χ1) is 15.1. The summed E-state index contributed by atoms with van der Waals surface area (Å²) in [4.78, 5) is 11.9. The van der Waals surface area contributed by atoms with Crippen LogP contribution in [0.4, 0.5) is 0 Å². The van der Waals surface area contributed by atoms with E-state index in [1.54, 1.807) is 0 Å². The Morgan fingerprint density at radius 2 is 2.06 bits per heavy atom. The van der Waals surface area contributed by atoms with Gasteiger partial charge in [0.25, 0.3) is 0 Å². The maximum Gasteiger partial charge on any atom is 0.336 e. The van der Waals surface area contributed by atoms with E-state index in [2.05, 4.69) is 54.7 Å².